The molecular weight excluding hydrogens is 242 g/mol. The fraction of sp³-hybridized carbons (Fsp3) is 0.500. The molecule has 1 fully saturated rings. The summed E-state index contributed by atoms with van der Waals surface area (Å²) in [5, 5.41) is 0. The van der Waals surface area contributed by atoms with Gasteiger partial charge in [0.25, 0.3) is 5.91 Å². The summed E-state index contributed by atoms with van der Waals surface area (Å²) in [6.07, 6.45) is 0.877. The van der Waals surface area contributed by atoms with E-state index in [9.17, 15) is 9.59 Å². The second-order valence-electron chi connectivity index (χ2n) is 4.16. The molecule has 1 amide bonds. The molecule has 0 bridgehead atoms. The lowest BCUT2D eigenvalue weighted by Crippen LogP contribution is -2.38. The van der Waals surface area contributed by atoms with Gasteiger partial charge in [0.1, 0.15) is 11.5 Å². The van der Waals surface area contributed by atoms with Gasteiger partial charge in [-0.1, -0.05) is 0 Å². The third kappa shape index (κ3) is 2.52. The molecule has 0 aromatic carbocycles. The fourth-order valence-corrected chi connectivity index (χ4v) is 2.14. The van der Waals surface area contributed by atoms with Crippen LogP contribution in [0.5, 0.6) is 0 Å². The highest BCUT2D eigenvalue weighted by atomic mass is 35.5. The third-order valence-corrected chi connectivity index (χ3v) is 3.27. The van der Waals surface area contributed by atoms with Gasteiger partial charge in [-0.25, -0.2) is 0 Å². The number of carbonyl (C=O) groups excluding carboxylic acids is 2. The average molecular weight is 256 g/mol. The molecule has 0 spiro atoms. The Morgan fingerprint density at radius 1 is 1.47 bits per heavy atom. The SMILES string of the molecule is Cc1oc(C(=O)N2CCC(=O)CC2)cc1CCl. The van der Waals surface area contributed by atoms with Crippen LogP contribution in [0, 0.1) is 6.92 Å². The number of hydrogen-bond acceptors (Lipinski definition) is 3. The van der Waals surface area contributed by atoms with E-state index in [2.05, 4.69) is 0 Å². The summed E-state index contributed by atoms with van der Waals surface area (Å²) in [7, 11) is 0. The van der Waals surface area contributed by atoms with E-state index in [-0.39, 0.29) is 11.7 Å². The zero-order chi connectivity index (χ0) is 12.4. The molecule has 0 radical (unpaired) electrons. The molecule has 0 N–H and O–H groups in total. The minimum absolute atomic E-state index is 0.156. The molecule has 2 rings (SSSR count). The average Bonchev–Trinajstić information content (AvgIpc) is 2.70. The molecule has 1 aliphatic heterocycles. The van der Waals surface area contributed by atoms with Crippen molar-refractivity contribution in [1.82, 2.24) is 4.90 Å². The first-order valence-electron chi connectivity index (χ1n) is 5.58. The molecule has 0 aliphatic carbocycles. The van der Waals surface area contributed by atoms with Crippen molar-refractivity contribution in [3.8, 4) is 0 Å². The van der Waals surface area contributed by atoms with Gasteiger partial charge in [0.05, 0.1) is 5.88 Å². The molecule has 92 valence electrons. The van der Waals surface area contributed by atoms with Crippen molar-refractivity contribution in [2.75, 3.05) is 13.1 Å². The van der Waals surface area contributed by atoms with Crippen LogP contribution >= 0.6 is 11.6 Å². The Kier molecular flexibility index (Phi) is 3.52. The minimum Gasteiger partial charge on any atom is -0.456 e. The van der Waals surface area contributed by atoms with E-state index in [1.54, 1.807) is 17.9 Å². The lowest BCUT2D eigenvalue weighted by atomic mass is 10.1. The number of rotatable bonds is 2. The van der Waals surface area contributed by atoms with Crippen molar-refractivity contribution in [3.63, 3.8) is 0 Å². The van der Waals surface area contributed by atoms with Crippen LogP contribution in [0.25, 0.3) is 0 Å². The van der Waals surface area contributed by atoms with Gasteiger partial charge in [0.15, 0.2) is 5.76 Å². The predicted molar refractivity (Wildman–Crippen MR) is 63.1 cm³/mol. The van der Waals surface area contributed by atoms with Crippen LogP contribution < -0.4 is 0 Å². The van der Waals surface area contributed by atoms with Gasteiger partial charge in [-0.3, -0.25) is 9.59 Å². The number of likely N-dealkylation sites (tertiary alicyclic amines) is 1. The van der Waals surface area contributed by atoms with E-state index in [0.717, 1.165) is 5.56 Å². The quantitative estimate of drug-likeness (QED) is 0.761. The number of nitrogens with zero attached hydrogens (tertiary/aromatic N) is 1. The number of furan rings is 1. The molecule has 17 heavy (non-hydrogen) atoms. The van der Waals surface area contributed by atoms with Crippen LogP contribution in [0.15, 0.2) is 10.5 Å². The topological polar surface area (TPSA) is 50.5 Å². The minimum atomic E-state index is -0.156. The van der Waals surface area contributed by atoms with Crippen molar-refractivity contribution < 1.29 is 14.0 Å². The third-order valence-electron chi connectivity index (χ3n) is 2.98. The fourth-order valence-electron chi connectivity index (χ4n) is 1.87. The van der Waals surface area contributed by atoms with Gasteiger partial charge in [0.2, 0.25) is 0 Å². The first-order valence-corrected chi connectivity index (χ1v) is 6.11. The Labute approximate surface area is 105 Å². The summed E-state index contributed by atoms with van der Waals surface area (Å²) >= 11 is 5.73. The van der Waals surface area contributed by atoms with Crippen molar-refractivity contribution in [1.29, 1.82) is 0 Å². The van der Waals surface area contributed by atoms with Gasteiger partial charge >= 0.3 is 0 Å². The highest BCUT2D eigenvalue weighted by Gasteiger charge is 2.24. The van der Waals surface area contributed by atoms with E-state index >= 15 is 0 Å². The molecule has 1 aromatic rings. The Balaban J connectivity index is 2.11. The van der Waals surface area contributed by atoms with E-state index in [0.29, 0.717) is 43.3 Å². The van der Waals surface area contributed by atoms with Gasteiger partial charge in [0, 0.05) is 31.5 Å². The molecule has 0 atom stereocenters. The van der Waals surface area contributed by atoms with Gasteiger partial charge in [-0.15, -0.1) is 11.6 Å². The van der Waals surface area contributed by atoms with Crippen molar-refractivity contribution in [2.24, 2.45) is 0 Å². The standard InChI is InChI=1S/C12H14ClNO3/c1-8-9(7-13)6-11(17-8)12(16)14-4-2-10(15)3-5-14/h6H,2-5,7H2,1H3. The van der Waals surface area contributed by atoms with Crippen LogP contribution in [0.2, 0.25) is 0 Å². The molecular formula is C12H14ClNO3. The number of hydrogen-bond donors (Lipinski definition) is 0. The Hall–Kier alpha value is -1.29. The zero-order valence-electron chi connectivity index (χ0n) is 9.66. The van der Waals surface area contributed by atoms with E-state index in [1.807, 2.05) is 0 Å². The summed E-state index contributed by atoms with van der Waals surface area (Å²) in [5.41, 5.74) is 0.836. The summed E-state index contributed by atoms with van der Waals surface area (Å²) in [4.78, 5) is 24.8. The first-order chi connectivity index (χ1) is 8.11. The second kappa shape index (κ2) is 4.92. The lowest BCUT2D eigenvalue weighted by Gasteiger charge is -2.24. The summed E-state index contributed by atoms with van der Waals surface area (Å²) in [6.45, 7) is 2.75. The number of halogens is 1. The molecule has 4 nitrogen and oxygen atoms in total. The number of amides is 1. The van der Waals surface area contributed by atoms with Crippen molar-refractivity contribution >= 4 is 23.3 Å². The molecule has 1 aromatic heterocycles. The smallest absolute Gasteiger partial charge is 0.289 e. The normalized spacial score (nSPS) is 16.4. The first kappa shape index (κ1) is 12.2. The Morgan fingerprint density at radius 3 is 2.65 bits per heavy atom. The molecule has 1 saturated heterocycles. The maximum Gasteiger partial charge on any atom is 0.289 e. The second-order valence-corrected chi connectivity index (χ2v) is 4.42. The molecule has 0 saturated carbocycles. The van der Waals surface area contributed by atoms with Crippen molar-refractivity contribution in [2.45, 2.75) is 25.6 Å². The summed E-state index contributed by atoms with van der Waals surface area (Å²) in [5.74, 6) is 1.38. The van der Waals surface area contributed by atoms with Crippen LogP contribution in [-0.4, -0.2) is 29.7 Å². The van der Waals surface area contributed by atoms with Gasteiger partial charge in [-0.05, 0) is 13.0 Å². The predicted octanol–water partition coefficient (Wildman–Crippen LogP) is 2.13. The highest BCUT2D eigenvalue weighted by Crippen LogP contribution is 2.19. The lowest BCUT2D eigenvalue weighted by molar-refractivity contribution is -0.120. The van der Waals surface area contributed by atoms with Gasteiger partial charge < -0.3 is 9.32 Å². The zero-order valence-corrected chi connectivity index (χ0v) is 10.4. The monoisotopic (exact) mass is 255 g/mol. The van der Waals surface area contributed by atoms with Crippen LogP contribution in [0.1, 0.15) is 34.7 Å². The summed E-state index contributed by atoms with van der Waals surface area (Å²) < 4.78 is 5.39. The number of alkyl halides is 1. The molecule has 0 unspecified atom stereocenters. The number of ketones is 1. The van der Waals surface area contributed by atoms with Crippen molar-refractivity contribution in [3.05, 3.63) is 23.2 Å². The van der Waals surface area contributed by atoms with E-state index < -0.39 is 0 Å². The number of aryl methyl sites for hydroxylation is 1. The maximum absolute atomic E-state index is 12.1. The van der Waals surface area contributed by atoms with E-state index in [4.69, 9.17) is 16.0 Å². The van der Waals surface area contributed by atoms with Gasteiger partial charge in [-0.2, -0.15) is 0 Å². The maximum atomic E-state index is 12.1. The van der Waals surface area contributed by atoms with Crippen LogP contribution in [0.4, 0.5) is 0 Å². The molecule has 2 heterocycles. The highest BCUT2D eigenvalue weighted by molar-refractivity contribution is 6.17. The van der Waals surface area contributed by atoms with Crippen LogP contribution in [0.3, 0.4) is 0 Å². The Morgan fingerprint density at radius 2 is 2.12 bits per heavy atom. The molecule has 5 heteroatoms. The molecule has 1 aliphatic rings. The largest absolute Gasteiger partial charge is 0.456 e. The van der Waals surface area contributed by atoms with E-state index in [1.165, 1.54) is 0 Å². The van der Waals surface area contributed by atoms with Crippen LogP contribution in [-0.2, 0) is 10.7 Å². The number of piperidine rings is 1. The summed E-state index contributed by atoms with van der Waals surface area (Å²) in [6, 6.07) is 1.68. The number of Topliss-reactive ketones (excluding diaryl/α,β-unsaturated/α-hetero) is 1. The number of carbonyl (C=O) groups is 2. The Bertz CT molecular complexity index is 443.